The summed E-state index contributed by atoms with van der Waals surface area (Å²) in [4.78, 5) is 26.8. The maximum atomic E-state index is 13.0. The molecule has 9 heteroatoms. The molecule has 2 aromatic carbocycles. The molecule has 0 unspecified atom stereocenters. The van der Waals surface area contributed by atoms with Crippen LogP contribution < -0.4 is 4.18 Å². The van der Waals surface area contributed by atoms with Crippen molar-refractivity contribution in [2.24, 2.45) is 5.41 Å². The van der Waals surface area contributed by atoms with Crippen LogP contribution in [0.5, 0.6) is 5.75 Å². The number of hydrogen-bond acceptors (Lipinski definition) is 7. The molecule has 0 saturated heterocycles. The van der Waals surface area contributed by atoms with Crippen LogP contribution in [-0.2, 0) is 32.7 Å². The van der Waals surface area contributed by atoms with Gasteiger partial charge in [-0.15, -0.1) is 0 Å². The normalized spacial score (nSPS) is 11.8. The molecule has 0 saturated carbocycles. The quantitative estimate of drug-likeness (QED) is 0.251. The Morgan fingerprint density at radius 2 is 1.62 bits per heavy atom. The molecule has 0 fully saturated rings. The molecule has 1 amide bonds. The van der Waals surface area contributed by atoms with Gasteiger partial charge in [-0.2, -0.15) is 8.42 Å². The number of hydrogen-bond donors (Lipinski definition) is 0. The molecule has 0 aliphatic carbocycles. The average molecular weight is 528 g/mol. The zero-order chi connectivity index (χ0) is 27.2. The van der Waals surface area contributed by atoms with Crippen molar-refractivity contribution in [2.45, 2.75) is 65.1 Å². The summed E-state index contributed by atoms with van der Waals surface area (Å²) in [5, 5.41) is 0. The highest BCUT2D eigenvalue weighted by Gasteiger charge is 2.26. The Labute approximate surface area is 218 Å². The Bertz CT molecular complexity index is 1310. The second-order valence-corrected chi connectivity index (χ2v) is 11.7. The largest absolute Gasteiger partial charge is 0.467 e. The van der Waals surface area contributed by atoms with Gasteiger partial charge in [-0.3, -0.25) is 4.79 Å². The number of benzene rings is 2. The third kappa shape index (κ3) is 8.21. The van der Waals surface area contributed by atoms with Gasteiger partial charge in [0, 0.05) is 13.0 Å². The molecule has 1 aromatic heterocycles. The predicted octanol–water partition coefficient (Wildman–Crippen LogP) is 5.58. The van der Waals surface area contributed by atoms with Crippen molar-refractivity contribution in [1.29, 1.82) is 0 Å². The summed E-state index contributed by atoms with van der Waals surface area (Å²) in [5.41, 5.74) is 0.515. The molecule has 0 radical (unpaired) electrons. The molecule has 0 spiro atoms. The highest BCUT2D eigenvalue weighted by molar-refractivity contribution is 7.87. The van der Waals surface area contributed by atoms with Crippen molar-refractivity contribution in [2.75, 3.05) is 0 Å². The van der Waals surface area contributed by atoms with Crippen LogP contribution in [0, 0.1) is 5.41 Å². The van der Waals surface area contributed by atoms with E-state index in [2.05, 4.69) is 0 Å². The number of carbonyl (C=O) groups excluding carboxylic acids is 2. The monoisotopic (exact) mass is 527 g/mol. The Morgan fingerprint density at radius 3 is 2.22 bits per heavy atom. The van der Waals surface area contributed by atoms with Gasteiger partial charge >= 0.3 is 16.1 Å². The summed E-state index contributed by atoms with van der Waals surface area (Å²) in [6.45, 7) is 10.00. The highest BCUT2D eigenvalue weighted by atomic mass is 32.2. The van der Waals surface area contributed by atoms with E-state index in [0.29, 0.717) is 25.3 Å². The van der Waals surface area contributed by atoms with E-state index in [9.17, 15) is 18.0 Å². The van der Waals surface area contributed by atoms with Crippen LogP contribution in [0.25, 0.3) is 0 Å². The van der Waals surface area contributed by atoms with Gasteiger partial charge in [-0.25, -0.2) is 4.79 Å². The maximum absolute atomic E-state index is 13.0. The highest BCUT2D eigenvalue weighted by Crippen LogP contribution is 2.25. The van der Waals surface area contributed by atoms with E-state index in [-0.39, 0.29) is 27.5 Å². The molecule has 0 atom stereocenters. The first kappa shape index (κ1) is 28.0. The topological polar surface area (TPSA) is 103 Å². The molecule has 0 aliphatic rings. The molecule has 3 aromatic rings. The fourth-order valence-corrected chi connectivity index (χ4v) is 4.68. The van der Waals surface area contributed by atoms with Gasteiger partial charge in [-0.1, -0.05) is 45.0 Å². The lowest BCUT2D eigenvalue weighted by molar-refractivity contribution is -0.134. The van der Waals surface area contributed by atoms with Gasteiger partial charge in [0.15, 0.2) is 0 Å². The van der Waals surface area contributed by atoms with Gasteiger partial charge in [-0.05, 0) is 61.2 Å². The number of carbonyl (C=O) groups is 2. The SMILES string of the molecule is CC(C)OC(=O)c1ccccc1S(=O)(=O)Oc1ccc(CN(Cc2ccco2)C(=O)CC(C)(C)C)cc1. The van der Waals surface area contributed by atoms with Crippen LogP contribution in [0.3, 0.4) is 0 Å². The molecule has 3 rings (SSSR count). The van der Waals surface area contributed by atoms with Crippen LogP contribution in [0.2, 0.25) is 0 Å². The third-order valence-electron chi connectivity index (χ3n) is 5.18. The van der Waals surface area contributed by atoms with E-state index < -0.39 is 22.2 Å². The van der Waals surface area contributed by atoms with Crippen molar-refractivity contribution >= 4 is 22.0 Å². The van der Waals surface area contributed by atoms with Gasteiger partial charge in [0.1, 0.15) is 16.4 Å². The third-order valence-corrected chi connectivity index (χ3v) is 6.49. The minimum absolute atomic E-state index is 0.0169. The minimum Gasteiger partial charge on any atom is -0.467 e. The summed E-state index contributed by atoms with van der Waals surface area (Å²) in [6, 6.07) is 15.8. The second kappa shape index (κ2) is 11.6. The van der Waals surface area contributed by atoms with Crippen LogP contribution >= 0.6 is 0 Å². The van der Waals surface area contributed by atoms with Crippen molar-refractivity contribution in [3.8, 4) is 5.75 Å². The molecule has 0 bridgehead atoms. The van der Waals surface area contributed by atoms with Crippen LogP contribution in [0.15, 0.2) is 76.2 Å². The summed E-state index contributed by atoms with van der Waals surface area (Å²) < 4.78 is 41.9. The van der Waals surface area contributed by atoms with E-state index in [1.165, 1.54) is 30.3 Å². The van der Waals surface area contributed by atoms with Crippen LogP contribution in [0.1, 0.15) is 62.7 Å². The standard InChI is InChI=1S/C28H33NO7S/c1-20(2)35-27(31)24-10-6-7-11-25(24)37(32,33)36-22-14-12-21(13-15-22)18-29(19-23-9-8-16-34-23)26(30)17-28(3,4)5/h6-16,20H,17-19H2,1-5H3. The number of furan rings is 1. The Kier molecular flexibility index (Phi) is 8.81. The molecular weight excluding hydrogens is 494 g/mol. The summed E-state index contributed by atoms with van der Waals surface area (Å²) >= 11 is 0. The number of ether oxygens (including phenoxy) is 1. The molecule has 8 nitrogen and oxygen atoms in total. The molecule has 0 N–H and O–H groups in total. The molecule has 1 heterocycles. The van der Waals surface area contributed by atoms with E-state index >= 15 is 0 Å². The van der Waals surface area contributed by atoms with Crippen molar-refractivity contribution in [3.05, 3.63) is 83.8 Å². The maximum Gasteiger partial charge on any atom is 0.340 e. The summed E-state index contributed by atoms with van der Waals surface area (Å²) in [6.07, 6.45) is 1.53. The predicted molar refractivity (Wildman–Crippen MR) is 138 cm³/mol. The Morgan fingerprint density at radius 1 is 0.946 bits per heavy atom. The molecule has 198 valence electrons. The number of amides is 1. The number of esters is 1. The van der Waals surface area contributed by atoms with Crippen LogP contribution in [0.4, 0.5) is 0 Å². The first-order valence-electron chi connectivity index (χ1n) is 12.0. The molecule has 37 heavy (non-hydrogen) atoms. The van der Waals surface area contributed by atoms with Gasteiger partial charge < -0.3 is 18.2 Å². The summed E-state index contributed by atoms with van der Waals surface area (Å²) in [7, 11) is -4.31. The Balaban J connectivity index is 1.77. The lowest BCUT2D eigenvalue weighted by Gasteiger charge is -2.26. The van der Waals surface area contributed by atoms with E-state index in [0.717, 1.165) is 5.56 Å². The van der Waals surface area contributed by atoms with Crippen molar-refractivity contribution in [1.82, 2.24) is 4.90 Å². The van der Waals surface area contributed by atoms with Gasteiger partial charge in [0.25, 0.3) is 0 Å². The first-order valence-corrected chi connectivity index (χ1v) is 13.4. The van der Waals surface area contributed by atoms with E-state index in [4.69, 9.17) is 13.3 Å². The fourth-order valence-electron chi connectivity index (χ4n) is 3.56. The second-order valence-electron chi connectivity index (χ2n) is 10.2. The van der Waals surface area contributed by atoms with Gasteiger partial charge in [0.2, 0.25) is 5.91 Å². The minimum atomic E-state index is -4.31. The first-order chi connectivity index (χ1) is 17.3. The Hall–Kier alpha value is -3.59. The average Bonchev–Trinajstić information content (AvgIpc) is 3.31. The summed E-state index contributed by atoms with van der Waals surface area (Å²) in [5.74, 6) is -0.0151. The lowest BCUT2D eigenvalue weighted by Crippen LogP contribution is -2.32. The zero-order valence-electron chi connectivity index (χ0n) is 21.8. The van der Waals surface area contributed by atoms with Crippen molar-refractivity contribution < 1.29 is 31.3 Å². The molecule has 0 aliphatic heterocycles. The van der Waals surface area contributed by atoms with E-state index in [1.807, 2.05) is 26.8 Å². The van der Waals surface area contributed by atoms with Crippen molar-refractivity contribution in [3.63, 3.8) is 0 Å². The van der Waals surface area contributed by atoms with Crippen LogP contribution in [-0.4, -0.2) is 31.3 Å². The number of rotatable bonds is 10. The van der Waals surface area contributed by atoms with E-state index in [1.54, 1.807) is 49.3 Å². The number of nitrogens with zero attached hydrogens (tertiary/aromatic N) is 1. The lowest BCUT2D eigenvalue weighted by atomic mass is 9.91. The van der Waals surface area contributed by atoms with Gasteiger partial charge in [0.05, 0.1) is 24.5 Å². The molecular formula is C28H33NO7S. The fraction of sp³-hybridized carbons (Fsp3) is 0.357. The smallest absolute Gasteiger partial charge is 0.340 e. The zero-order valence-corrected chi connectivity index (χ0v) is 22.6.